The Morgan fingerprint density at radius 1 is 1.14 bits per heavy atom. The molecule has 0 fully saturated rings. The summed E-state index contributed by atoms with van der Waals surface area (Å²) in [5, 5.41) is 8.05. The second-order valence-corrected chi connectivity index (χ2v) is 8.82. The number of aryl methyl sites for hydroxylation is 2. The largest absolute Gasteiger partial charge is 0.465 e. The molecule has 0 aliphatic heterocycles. The zero-order valence-corrected chi connectivity index (χ0v) is 20.8. The van der Waals surface area contributed by atoms with Gasteiger partial charge in [0, 0.05) is 24.2 Å². The molecule has 0 saturated carbocycles. The summed E-state index contributed by atoms with van der Waals surface area (Å²) < 4.78 is 11.7. The third-order valence-corrected chi connectivity index (χ3v) is 6.66. The highest BCUT2D eigenvalue weighted by Crippen LogP contribution is 2.35. The Bertz CT molecular complexity index is 1470. The lowest BCUT2D eigenvalue weighted by Crippen LogP contribution is -2.15. The van der Waals surface area contributed by atoms with E-state index in [1.165, 1.54) is 7.11 Å². The Morgan fingerprint density at radius 3 is 2.54 bits per heavy atom. The van der Waals surface area contributed by atoms with Crippen LogP contribution >= 0.6 is 11.3 Å². The van der Waals surface area contributed by atoms with Gasteiger partial charge in [0.1, 0.15) is 9.88 Å². The minimum atomic E-state index is -0.657. The molecule has 0 atom stereocenters. The molecule has 35 heavy (non-hydrogen) atoms. The molecule has 4 rings (SSSR count). The third kappa shape index (κ3) is 4.52. The van der Waals surface area contributed by atoms with E-state index >= 15 is 0 Å². The predicted octanol–water partition coefficient (Wildman–Crippen LogP) is 4.53. The molecule has 0 saturated heterocycles. The first kappa shape index (κ1) is 24.1. The van der Waals surface area contributed by atoms with Crippen molar-refractivity contribution in [1.29, 1.82) is 0 Å². The monoisotopic (exact) mass is 492 g/mol. The number of carbonyl (C=O) groups is 3. The maximum Gasteiger partial charge on any atom is 0.348 e. The molecule has 10 heteroatoms. The van der Waals surface area contributed by atoms with Crippen LogP contribution in [0.2, 0.25) is 0 Å². The van der Waals surface area contributed by atoms with Crippen molar-refractivity contribution in [3.63, 3.8) is 0 Å². The van der Waals surface area contributed by atoms with Crippen LogP contribution in [0.3, 0.4) is 0 Å². The van der Waals surface area contributed by atoms with Crippen molar-refractivity contribution in [2.24, 2.45) is 7.05 Å². The highest BCUT2D eigenvalue weighted by molar-refractivity contribution is 7.18. The number of amides is 1. The van der Waals surface area contributed by atoms with Gasteiger partial charge in [-0.05, 0) is 38.5 Å². The first-order valence-corrected chi connectivity index (χ1v) is 11.7. The molecule has 0 aliphatic carbocycles. The van der Waals surface area contributed by atoms with E-state index in [4.69, 9.17) is 14.5 Å². The fraction of sp³-hybridized carbons (Fsp3) is 0.240. The molecular weight excluding hydrogens is 468 g/mol. The summed E-state index contributed by atoms with van der Waals surface area (Å²) in [5.74, 6) is -1.67. The molecule has 9 nitrogen and oxygen atoms in total. The van der Waals surface area contributed by atoms with E-state index in [0.29, 0.717) is 27.7 Å². The number of para-hydroxylation sites is 1. The van der Waals surface area contributed by atoms with Gasteiger partial charge >= 0.3 is 11.9 Å². The Kier molecular flexibility index (Phi) is 6.65. The first-order valence-electron chi connectivity index (χ1n) is 10.9. The SMILES string of the molecule is CCOC(=O)c1sc(NC(=O)c2cc(-c3cn(C)nc3C)nc3ccccc23)c(C(=O)OC)c1C. The quantitative estimate of drug-likeness (QED) is 0.394. The number of hydrogen-bond donors (Lipinski definition) is 1. The number of nitrogens with one attached hydrogen (secondary N) is 1. The van der Waals surface area contributed by atoms with Crippen LogP contribution in [0.4, 0.5) is 5.00 Å². The number of anilines is 1. The lowest BCUT2D eigenvalue weighted by molar-refractivity contribution is 0.0531. The van der Waals surface area contributed by atoms with E-state index in [1.54, 1.807) is 24.6 Å². The molecule has 4 aromatic rings. The number of rotatable bonds is 6. The topological polar surface area (TPSA) is 112 Å². The van der Waals surface area contributed by atoms with Crippen LogP contribution in [-0.4, -0.2) is 46.3 Å². The number of pyridine rings is 1. The lowest BCUT2D eigenvalue weighted by atomic mass is 10.0. The Hall–Kier alpha value is -4.05. The van der Waals surface area contributed by atoms with E-state index in [9.17, 15) is 14.4 Å². The van der Waals surface area contributed by atoms with Crippen molar-refractivity contribution >= 4 is 45.1 Å². The Balaban J connectivity index is 1.82. The number of esters is 2. The van der Waals surface area contributed by atoms with Crippen LogP contribution in [0.5, 0.6) is 0 Å². The van der Waals surface area contributed by atoms with Gasteiger partial charge in [0.05, 0.1) is 41.7 Å². The van der Waals surface area contributed by atoms with Gasteiger partial charge in [-0.25, -0.2) is 14.6 Å². The van der Waals surface area contributed by atoms with E-state index in [2.05, 4.69) is 10.4 Å². The second kappa shape index (κ2) is 9.67. The highest BCUT2D eigenvalue weighted by Gasteiger charge is 2.28. The molecule has 0 radical (unpaired) electrons. The van der Waals surface area contributed by atoms with Gasteiger partial charge in [-0.2, -0.15) is 5.10 Å². The van der Waals surface area contributed by atoms with E-state index in [0.717, 1.165) is 22.6 Å². The number of hydrogen-bond acceptors (Lipinski definition) is 8. The van der Waals surface area contributed by atoms with Gasteiger partial charge in [-0.1, -0.05) is 18.2 Å². The first-order chi connectivity index (χ1) is 16.7. The van der Waals surface area contributed by atoms with Crippen LogP contribution in [0.25, 0.3) is 22.2 Å². The van der Waals surface area contributed by atoms with Crippen LogP contribution in [-0.2, 0) is 16.5 Å². The van der Waals surface area contributed by atoms with Crippen molar-refractivity contribution in [1.82, 2.24) is 14.8 Å². The summed E-state index contributed by atoms with van der Waals surface area (Å²) in [6.07, 6.45) is 1.84. The maximum atomic E-state index is 13.6. The zero-order chi connectivity index (χ0) is 25.3. The molecule has 1 N–H and O–H groups in total. The molecule has 3 heterocycles. The average Bonchev–Trinajstić information content (AvgIpc) is 3.35. The van der Waals surface area contributed by atoms with Gasteiger partial charge < -0.3 is 14.8 Å². The number of fused-ring (bicyclic) bond motifs is 1. The number of thiophene rings is 1. The normalized spacial score (nSPS) is 10.9. The molecule has 3 aromatic heterocycles. The summed E-state index contributed by atoms with van der Waals surface area (Å²) in [6.45, 7) is 5.38. The van der Waals surface area contributed by atoms with Crippen molar-refractivity contribution in [2.45, 2.75) is 20.8 Å². The lowest BCUT2D eigenvalue weighted by Gasteiger charge is -2.10. The molecule has 0 aliphatic rings. The fourth-order valence-corrected chi connectivity index (χ4v) is 4.95. The van der Waals surface area contributed by atoms with E-state index in [-0.39, 0.29) is 22.0 Å². The minimum Gasteiger partial charge on any atom is -0.465 e. The molecular formula is C25H24N4O5S. The van der Waals surface area contributed by atoms with Gasteiger partial charge in [0.2, 0.25) is 0 Å². The Labute approximate surface area is 205 Å². The summed E-state index contributed by atoms with van der Waals surface area (Å²) in [4.78, 5) is 43.4. The van der Waals surface area contributed by atoms with Crippen LogP contribution < -0.4 is 5.32 Å². The maximum absolute atomic E-state index is 13.6. The predicted molar refractivity (Wildman–Crippen MR) is 133 cm³/mol. The summed E-state index contributed by atoms with van der Waals surface area (Å²) >= 11 is 0.976. The van der Waals surface area contributed by atoms with Crippen molar-refractivity contribution < 1.29 is 23.9 Å². The average molecular weight is 493 g/mol. The molecule has 1 amide bonds. The molecule has 0 spiro atoms. The number of nitrogens with zero attached hydrogens (tertiary/aromatic N) is 3. The summed E-state index contributed by atoms with van der Waals surface area (Å²) in [7, 11) is 3.06. The summed E-state index contributed by atoms with van der Waals surface area (Å²) in [6, 6.07) is 9.01. The number of aromatic nitrogens is 3. The van der Waals surface area contributed by atoms with E-state index in [1.807, 2.05) is 44.4 Å². The molecule has 1 aromatic carbocycles. The van der Waals surface area contributed by atoms with Gasteiger partial charge in [-0.15, -0.1) is 11.3 Å². The van der Waals surface area contributed by atoms with Crippen molar-refractivity contribution in [2.75, 3.05) is 19.0 Å². The third-order valence-electron chi connectivity index (χ3n) is 5.47. The highest BCUT2D eigenvalue weighted by atomic mass is 32.1. The van der Waals surface area contributed by atoms with Gasteiger partial charge in [-0.3, -0.25) is 9.48 Å². The number of ether oxygens (including phenoxy) is 2. The molecule has 0 unspecified atom stereocenters. The van der Waals surface area contributed by atoms with Crippen LogP contribution in [0, 0.1) is 13.8 Å². The molecule has 180 valence electrons. The summed E-state index contributed by atoms with van der Waals surface area (Å²) in [5.41, 5.74) is 3.70. The van der Waals surface area contributed by atoms with Crippen molar-refractivity contribution in [3.05, 3.63) is 63.8 Å². The molecule has 0 bridgehead atoms. The van der Waals surface area contributed by atoms with Crippen molar-refractivity contribution in [3.8, 4) is 11.3 Å². The fourth-order valence-electron chi connectivity index (χ4n) is 3.86. The number of carbonyl (C=O) groups excluding carboxylic acids is 3. The van der Waals surface area contributed by atoms with E-state index < -0.39 is 17.8 Å². The van der Waals surface area contributed by atoms with Gasteiger partial charge in [0.25, 0.3) is 5.91 Å². The van der Waals surface area contributed by atoms with Crippen LogP contribution in [0.1, 0.15) is 48.6 Å². The number of methoxy groups -OCH3 is 1. The standard InChI is InChI=1S/C25H24N4O5S/c1-6-34-25(32)21-13(2)20(24(31)33-5)23(35-21)27-22(30)16-11-19(17-12-29(4)28-14(17)3)26-18-10-8-7-9-15(16)18/h7-12H,6H2,1-5H3,(H,27,30). The zero-order valence-electron chi connectivity index (χ0n) is 20.0. The second-order valence-electron chi connectivity index (χ2n) is 7.80. The van der Waals surface area contributed by atoms with Gasteiger partial charge in [0.15, 0.2) is 0 Å². The minimum absolute atomic E-state index is 0.121. The Morgan fingerprint density at radius 2 is 1.89 bits per heavy atom. The smallest absolute Gasteiger partial charge is 0.348 e. The van der Waals surface area contributed by atoms with Crippen LogP contribution in [0.15, 0.2) is 36.5 Å². The number of benzene rings is 1.